The lowest BCUT2D eigenvalue weighted by molar-refractivity contribution is 0.864. The number of anilines is 1. The molecule has 0 saturated heterocycles. The van der Waals surface area contributed by atoms with Crippen molar-refractivity contribution in [1.82, 2.24) is 19.9 Å². The molecule has 0 spiro atoms. The predicted molar refractivity (Wildman–Crippen MR) is 78.9 cm³/mol. The van der Waals surface area contributed by atoms with E-state index in [1.807, 2.05) is 12.1 Å². The standard InChI is InChI=1S/C14H17N5S/c1-2-6-15-11-9-12(19-13(18-11)10-4-5-10)20-14-16-7-3-8-17-14/h3,7-10H,2,4-6H2,1H3,(H,15,18,19). The molecule has 2 aromatic heterocycles. The van der Waals surface area contributed by atoms with Crippen LogP contribution in [0.2, 0.25) is 0 Å². The third kappa shape index (κ3) is 3.45. The van der Waals surface area contributed by atoms with Gasteiger partial charge >= 0.3 is 0 Å². The summed E-state index contributed by atoms with van der Waals surface area (Å²) in [4.78, 5) is 17.7. The average molecular weight is 287 g/mol. The van der Waals surface area contributed by atoms with Gasteiger partial charge in [-0.1, -0.05) is 6.92 Å². The topological polar surface area (TPSA) is 63.6 Å². The Kier molecular flexibility index (Phi) is 4.11. The van der Waals surface area contributed by atoms with Gasteiger partial charge in [0.1, 0.15) is 16.7 Å². The van der Waals surface area contributed by atoms with Crippen LogP contribution in [0.3, 0.4) is 0 Å². The van der Waals surface area contributed by atoms with Crippen LogP contribution in [-0.4, -0.2) is 26.5 Å². The fourth-order valence-electron chi connectivity index (χ4n) is 1.79. The molecular weight excluding hydrogens is 270 g/mol. The highest BCUT2D eigenvalue weighted by molar-refractivity contribution is 7.99. The van der Waals surface area contributed by atoms with Crippen LogP contribution in [0.25, 0.3) is 0 Å². The van der Waals surface area contributed by atoms with E-state index in [4.69, 9.17) is 0 Å². The molecule has 20 heavy (non-hydrogen) atoms. The zero-order chi connectivity index (χ0) is 13.8. The number of hydrogen-bond donors (Lipinski definition) is 1. The van der Waals surface area contributed by atoms with E-state index in [0.29, 0.717) is 5.92 Å². The van der Waals surface area contributed by atoms with Gasteiger partial charge in [-0.15, -0.1) is 0 Å². The number of aromatic nitrogens is 4. The minimum absolute atomic E-state index is 0.536. The summed E-state index contributed by atoms with van der Waals surface area (Å²) in [5.74, 6) is 2.39. The molecule has 0 atom stereocenters. The molecule has 0 aliphatic heterocycles. The quantitative estimate of drug-likeness (QED) is 0.650. The summed E-state index contributed by atoms with van der Waals surface area (Å²) in [6, 6.07) is 3.79. The molecule has 2 heterocycles. The number of nitrogens with one attached hydrogen (secondary N) is 1. The molecule has 1 saturated carbocycles. The number of hydrogen-bond acceptors (Lipinski definition) is 6. The highest BCUT2D eigenvalue weighted by Crippen LogP contribution is 2.39. The minimum atomic E-state index is 0.536. The molecule has 0 radical (unpaired) electrons. The zero-order valence-corrected chi connectivity index (χ0v) is 12.2. The lowest BCUT2D eigenvalue weighted by Crippen LogP contribution is -2.05. The number of rotatable bonds is 6. The first-order chi connectivity index (χ1) is 9.85. The maximum atomic E-state index is 4.63. The van der Waals surface area contributed by atoms with E-state index in [1.165, 1.54) is 24.6 Å². The predicted octanol–water partition coefficient (Wildman–Crippen LogP) is 3.12. The summed E-state index contributed by atoms with van der Waals surface area (Å²) in [5.41, 5.74) is 0. The lowest BCUT2D eigenvalue weighted by atomic mass is 10.4. The summed E-state index contributed by atoms with van der Waals surface area (Å²) in [5, 5.41) is 4.96. The van der Waals surface area contributed by atoms with Crippen LogP contribution in [0.4, 0.5) is 5.82 Å². The van der Waals surface area contributed by atoms with E-state index in [2.05, 4.69) is 32.2 Å². The average Bonchev–Trinajstić information content (AvgIpc) is 3.31. The van der Waals surface area contributed by atoms with Crippen LogP contribution in [0, 0.1) is 0 Å². The first-order valence-corrected chi connectivity index (χ1v) is 7.74. The van der Waals surface area contributed by atoms with Gasteiger partial charge in [-0.2, -0.15) is 0 Å². The maximum absolute atomic E-state index is 4.63. The number of nitrogens with zero attached hydrogens (tertiary/aromatic N) is 4. The van der Waals surface area contributed by atoms with Crippen LogP contribution < -0.4 is 5.32 Å². The highest BCUT2D eigenvalue weighted by Gasteiger charge is 2.27. The van der Waals surface area contributed by atoms with Crippen LogP contribution in [0.15, 0.2) is 34.7 Å². The zero-order valence-electron chi connectivity index (χ0n) is 11.4. The Morgan fingerprint density at radius 1 is 1.25 bits per heavy atom. The Morgan fingerprint density at radius 2 is 2.05 bits per heavy atom. The first kappa shape index (κ1) is 13.3. The molecule has 0 unspecified atom stereocenters. The van der Waals surface area contributed by atoms with Crippen molar-refractivity contribution in [2.45, 2.75) is 42.3 Å². The van der Waals surface area contributed by atoms with Crippen molar-refractivity contribution in [2.24, 2.45) is 0 Å². The molecule has 1 fully saturated rings. The van der Waals surface area contributed by atoms with E-state index in [-0.39, 0.29) is 0 Å². The lowest BCUT2D eigenvalue weighted by Gasteiger charge is -2.08. The molecule has 0 amide bonds. The Hall–Kier alpha value is -1.69. The van der Waals surface area contributed by atoms with Crippen LogP contribution in [-0.2, 0) is 0 Å². The van der Waals surface area contributed by atoms with Gasteiger partial charge in [-0.3, -0.25) is 0 Å². The van der Waals surface area contributed by atoms with Gasteiger partial charge in [-0.25, -0.2) is 19.9 Å². The van der Waals surface area contributed by atoms with Crippen molar-refractivity contribution in [3.8, 4) is 0 Å². The van der Waals surface area contributed by atoms with Crippen molar-refractivity contribution in [2.75, 3.05) is 11.9 Å². The molecule has 6 heteroatoms. The second-order valence-corrected chi connectivity index (χ2v) is 5.77. The second-order valence-electron chi connectivity index (χ2n) is 4.78. The molecular formula is C14H17N5S. The molecule has 5 nitrogen and oxygen atoms in total. The minimum Gasteiger partial charge on any atom is -0.370 e. The van der Waals surface area contributed by atoms with Gasteiger partial charge in [0.15, 0.2) is 5.16 Å². The van der Waals surface area contributed by atoms with Crippen LogP contribution >= 0.6 is 11.8 Å². The SMILES string of the molecule is CCCNc1cc(Sc2ncccn2)nc(C2CC2)n1. The van der Waals surface area contributed by atoms with Crippen molar-refractivity contribution in [3.05, 3.63) is 30.4 Å². The fraction of sp³-hybridized carbons (Fsp3) is 0.429. The maximum Gasteiger partial charge on any atom is 0.193 e. The Bertz CT molecular complexity index is 571. The van der Waals surface area contributed by atoms with Gasteiger partial charge in [0, 0.05) is 30.9 Å². The van der Waals surface area contributed by atoms with Gasteiger partial charge in [0.25, 0.3) is 0 Å². The van der Waals surface area contributed by atoms with E-state index in [1.54, 1.807) is 12.4 Å². The molecule has 1 N–H and O–H groups in total. The molecule has 0 aromatic carbocycles. The molecule has 0 bridgehead atoms. The summed E-state index contributed by atoms with van der Waals surface area (Å²) in [6.45, 7) is 3.07. The van der Waals surface area contributed by atoms with Gasteiger partial charge in [-0.05, 0) is 37.1 Å². The summed E-state index contributed by atoms with van der Waals surface area (Å²) in [6.07, 6.45) is 6.96. The summed E-state index contributed by atoms with van der Waals surface area (Å²) >= 11 is 1.48. The van der Waals surface area contributed by atoms with Crippen molar-refractivity contribution in [3.63, 3.8) is 0 Å². The Morgan fingerprint density at radius 3 is 2.75 bits per heavy atom. The van der Waals surface area contributed by atoms with E-state index in [9.17, 15) is 0 Å². The van der Waals surface area contributed by atoms with Crippen molar-refractivity contribution < 1.29 is 0 Å². The highest BCUT2D eigenvalue weighted by atomic mass is 32.2. The van der Waals surface area contributed by atoms with Crippen molar-refractivity contribution in [1.29, 1.82) is 0 Å². The largest absolute Gasteiger partial charge is 0.370 e. The monoisotopic (exact) mass is 287 g/mol. The third-order valence-electron chi connectivity index (χ3n) is 2.96. The first-order valence-electron chi connectivity index (χ1n) is 6.93. The van der Waals surface area contributed by atoms with E-state index >= 15 is 0 Å². The van der Waals surface area contributed by atoms with Crippen LogP contribution in [0.1, 0.15) is 37.9 Å². The molecule has 3 rings (SSSR count). The molecule has 104 valence electrons. The van der Waals surface area contributed by atoms with Gasteiger partial charge < -0.3 is 5.32 Å². The smallest absolute Gasteiger partial charge is 0.193 e. The van der Waals surface area contributed by atoms with E-state index in [0.717, 1.165) is 34.8 Å². The van der Waals surface area contributed by atoms with E-state index < -0.39 is 0 Å². The molecule has 1 aliphatic rings. The van der Waals surface area contributed by atoms with Gasteiger partial charge in [0.05, 0.1) is 0 Å². The summed E-state index contributed by atoms with van der Waals surface area (Å²) < 4.78 is 0. The third-order valence-corrected chi connectivity index (χ3v) is 3.77. The Labute approximate surface area is 122 Å². The van der Waals surface area contributed by atoms with Crippen molar-refractivity contribution >= 4 is 17.6 Å². The molecule has 1 aliphatic carbocycles. The molecule has 2 aromatic rings. The van der Waals surface area contributed by atoms with Crippen LogP contribution in [0.5, 0.6) is 0 Å². The summed E-state index contributed by atoms with van der Waals surface area (Å²) in [7, 11) is 0. The second kappa shape index (κ2) is 6.17. The normalized spacial score (nSPS) is 14.2. The Balaban J connectivity index is 1.83. The van der Waals surface area contributed by atoms with Gasteiger partial charge in [0.2, 0.25) is 0 Å². The fourth-order valence-corrected chi connectivity index (χ4v) is 2.52.